The highest BCUT2D eigenvalue weighted by Gasteiger charge is 2.33. The summed E-state index contributed by atoms with van der Waals surface area (Å²) in [4.78, 5) is 12.0. The van der Waals surface area contributed by atoms with Gasteiger partial charge in [0.2, 0.25) is 0 Å². The number of rotatable bonds is 7. The van der Waals surface area contributed by atoms with Crippen LogP contribution in [0.25, 0.3) is 0 Å². The Morgan fingerprint density at radius 1 is 1.19 bits per heavy atom. The third kappa shape index (κ3) is 10.3. The van der Waals surface area contributed by atoms with E-state index in [1.54, 1.807) is 20.8 Å². The number of nitrogens with one attached hydrogen (secondary N) is 1. The first kappa shape index (κ1) is 23.4. The number of hydrogen-bond acceptors (Lipinski definition) is 4. The summed E-state index contributed by atoms with van der Waals surface area (Å²) in [6.07, 6.45) is -4.89. The lowest BCUT2D eigenvalue weighted by atomic mass is 10.0. The minimum absolute atomic E-state index is 0.0345. The van der Waals surface area contributed by atoms with Crippen molar-refractivity contribution in [2.24, 2.45) is 5.92 Å². The molecule has 9 heteroatoms. The van der Waals surface area contributed by atoms with Crippen LogP contribution in [0.2, 0.25) is 0 Å². The maximum atomic E-state index is 12.6. The summed E-state index contributed by atoms with van der Waals surface area (Å²) in [5, 5.41) is 2.70. The van der Waals surface area contributed by atoms with Crippen molar-refractivity contribution < 1.29 is 32.2 Å². The average Bonchev–Trinajstić information content (AvgIpc) is 2.41. The molecule has 1 N–H and O–H groups in total. The van der Waals surface area contributed by atoms with Gasteiger partial charge in [-0.05, 0) is 51.3 Å². The van der Waals surface area contributed by atoms with Gasteiger partial charge in [0, 0.05) is 4.47 Å². The van der Waals surface area contributed by atoms with Gasteiger partial charge in [0.15, 0.2) is 11.5 Å². The third-order valence-electron chi connectivity index (χ3n) is 3.05. The van der Waals surface area contributed by atoms with E-state index >= 15 is 0 Å². The Labute approximate surface area is 165 Å². The van der Waals surface area contributed by atoms with Crippen LogP contribution in [-0.4, -0.2) is 30.7 Å². The highest BCUT2D eigenvalue weighted by atomic mass is 79.9. The van der Waals surface area contributed by atoms with E-state index < -0.39 is 29.8 Å². The molecule has 1 rings (SSSR count). The monoisotopic (exact) mass is 455 g/mol. The standard InChI is InChI=1S/C18H25BrF3NO4/c1-11(2)8-13(23-16(24)27-17(3,4)5)10-25-14-7-6-12(19)9-15(14)26-18(20,21)22/h6-7,9,11,13H,8,10H2,1-5H3,(H,23,24)/t13-/m0/s1. The van der Waals surface area contributed by atoms with Crippen molar-refractivity contribution in [3.05, 3.63) is 22.7 Å². The summed E-state index contributed by atoms with van der Waals surface area (Å²) in [7, 11) is 0. The molecule has 0 bridgehead atoms. The number of amides is 1. The van der Waals surface area contributed by atoms with Gasteiger partial charge in [0.1, 0.15) is 12.2 Å². The van der Waals surface area contributed by atoms with Crippen molar-refractivity contribution in [2.45, 2.75) is 59.0 Å². The first-order valence-corrected chi connectivity index (χ1v) is 9.22. The summed E-state index contributed by atoms with van der Waals surface area (Å²) in [6, 6.07) is 3.63. The average molecular weight is 456 g/mol. The maximum absolute atomic E-state index is 12.6. The van der Waals surface area contributed by atoms with E-state index in [1.165, 1.54) is 18.2 Å². The van der Waals surface area contributed by atoms with Crippen molar-refractivity contribution >= 4 is 22.0 Å². The van der Waals surface area contributed by atoms with Crippen molar-refractivity contribution in [3.63, 3.8) is 0 Å². The molecule has 0 spiro atoms. The summed E-state index contributed by atoms with van der Waals surface area (Å²) in [6.45, 7) is 9.10. The van der Waals surface area contributed by atoms with E-state index in [1.807, 2.05) is 13.8 Å². The van der Waals surface area contributed by atoms with Gasteiger partial charge >= 0.3 is 12.5 Å². The van der Waals surface area contributed by atoms with Crippen LogP contribution in [0.3, 0.4) is 0 Å². The minimum Gasteiger partial charge on any atom is -0.488 e. The number of alkyl carbamates (subject to hydrolysis) is 1. The Bertz CT molecular complexity index is 630. The van der Waals surface area contributed by atoms with E-state index in [0.29, 0.717) is 10.9 Å². The van der Waals surface area contributed by atoms with Crippen LogP contribution in [-0.2, 0) is 4.74 Å². The number of benzene rings is 1. The number of halogens is 4. The minimum atomic E-state index is -4.84. The Morgan fingerprint density at radius 2 is 1.81 bits per heavy atom. The first-order chi connectivity index (χ1) is 12.2. The molecule has 0 radical (unpaired) electrons. The van der Waals surface area contributed by atoms with Crippen LogP contribution in [0, 0.1) is 5.92 Å². The number of hydrogen-bond donors (Lipinski definition) is 1. The van der Waals surface area contributed by atoms with Crippen LogP contribution in [0.15, 0.2) is 22.7 Å². The van der Waals surface area contributed by atoms with Crippen LogP contribution in [0.5, 0.6) is 11.5 Å². The van der Waals surface area contributed by atoms with Gasteiger partial charge in [-0.3, -0.25) is 0 Å². The van der Waals surface area contributed by atoms with E-state index in [2.05, 4.69) is 26.0 Å². The Balaban J connectivity index is 2.84. The normalized spacial score (nSPS) is 13.3. The fourth-order valence-electron chi connectivity index (χ4n) is 2.21. The molecule has 0 aliphatic heterocycles. The lowest BCUT2D eigenvalue weighted by Gasteiger charge is -2.25. The molecule has 0 saturated carbocycles. The SMILES string of the molecule is CC(C)C[C@@H](COc1ccc(Br)cc1OC(F)(F)F)NC(=O)OC(C)(C)C. The second kappa shape index (κ2) is 9.52. The Morgan fingerprint density at radius 3 is 2.33 bits per heavy atom. The molecular formula is C18H25BrF3NO4. The van der Waals surface area contributed by atoms with Gasteiger partial charge in [-0.25, -0.2) is 4.79 Å². The predicted octanol–water partition coefficient (Wildman–Crippen LogP) is 5.67. The highest BCUT2D eigenvalue weighted by molar-refractivity contribution is 9.10. The number of alkyl halides is 3. The predicted molar refractivity (Wildman–Crippen MR) is 98.9 cm³/mol. The van der Waals surface area contributed by atoms with E-state index in [4.69, 9.17) is 9.47 Å². The van der Waals surface area contributed by atoms with Gasteiger partial charge in [-0.15, -0.1) is 13.2 Å². The highest BCUT2D eigenvalue weighted by Crippen LogP contribution is 2.34. The van der Waals surface area contributed by atoms with Crippen molar-refractivity contribution in [2.75, 3.05) is 6.61 Å². The van der Waals surface area contributed by atoms with E-state index in [0.717, 1.165) is 0 Å². The van der Waals surface area contributed by atoms with Gasteiger partial charge in [0.05, 0.1) is 6.04 Å². The zero-order valence-corrected chi connectivity index (χ0v) is 17.5. The van der Waals surface area contributed by atoms with Gasteiger partial charge < -0.3 is 19.5 Å². The lowest BCUT2D eigenvalue weighted by Crippen LogP contribution is -2.42. The molecule has 1 amide bonds. The van der Waals surface area contributed by atoms with Gasteiger partial charge in [0.25, 0.3) is 0 Å². The molecule has 0 aromatic heterocycles. The second-order valence-corrected chi connectivity index (χ2v) is 8.34. The fourth-order valence-corrected chi connectivity index (χ4v) is 2.55. The molecule has 154 valence electrons. The number of carbonyl (C=O) groups is 1. The summed E-state index contributed by atoms with van der Waals surface area (Å²) < 4.78 is 52.9. The maximum Gasteiger partial charge on any atom is 0.573 e. The fraction of sp³-hybridized carbons (Fsp3) is 0.611. The zero-order valence-electron chi connectivity index (χ0n) is 15.9. The topological polar surface area (TPSA) is 56.8 Å². The van der Waals surface area contributed by atoms with Crippen molar-refractivity contribution in [1.82, 2.24) is 5.32 Å². The summed E-state index contributed by atoms with van der Waals surface area (Å²) in [5.41, 5.74) is -0.660. The molecule has 1 aromatic carbocycles. The van der Waals surface area contributed by atoms with E-state index in [-0.39, 0.29) is 18.3 Å². The van der Waals surface area contributed by atoms with Crippen molar-refractivity contribution in [1.29, 1.82) is 0 Å². The van der Waals surface area contributed by atoms with Crippen LogP contribution < -0.4 is 14.8 Å². The molecular weight excluding hydrogens is 431 g/mol. The molecule has 0 aliphatic carbocycles. The van der Waals surface area contributed by atoms with Crippen molar-refractivity contribution in [3.8, 4) is 11.5 Å². The molecule has 0 saturated heterocycles. The number of ether oxygens (including phenoxy) is 3. The first-order valence-electron chi connectivity index (χ1n) is 8.43. The molecule has 0 heterocycles. The van der Waals surface area contributed by atoms with Gasteiger partial charge in [-0.1, -0.05) is 29.8 Å². The molecule has 0 fully saturated rings. The van der Waals surface area contributed by atoms with Gasteiger partial charge in [-0.2, -0.15) is 0 Å². The Kier molecular flexibility index (Phi) is 8.25. The quantitative estimate of drug-likeness (QED) is 0.575. The molecule has 1 aromatic rings. The zero-order chi connectivity index (χ0) is 20.8. The summed E-state index contributed by atoms with van der Waals surface area (Å²) in [5.74, 6) is -0.308. The van der Waals surface area contributed by atoms with E-state index in [9.17, 15) is 18.0 Å². The third-order valence-corrected chi connectivity index (χ3v) is 3.54. The Hall–Kier alpha value is -1.64. The van der Waals surface area contributed by atoms with Crippen LogP contribution in [0.4, 0.5) is 18.0 Å². The molecule has 1 atom stereocenters. The molecule has 27 heavy (non-hydrogen) atoms. The van der Waals surface area contributed by atoms with Crippen LogP contribution >= 0.6 is 15.9 Å². The smallest absolute Gasteiger partial charge is 0.488 e. The molecule has 0 unspecified atom stereocenters. The summed E-state index contributed by atoms with van der Waals surface area (Å²) >= 11 is 3.10. The molecule has 0 aliphatic rings. The molecule has 5 nitrogen and oxygen atoms in total. The second-order valence-electron chi connectivity index (χ2n) is 7.42. The lowest BCUT2D eigenvalue weighted by molar-refractivity contribution is -0.275. The van der Waals surface area contributed by atoms with Crippen LogP contribution in [0.1, 0.15) is 41.0 Å². The largest absolute Gasteiger partial charge is 0.573 e. The number of carbonyl (C=O) groups excluding carboxylic acids is 1.